The molecule has 1 atom stereocenters. The fraction of sp³-hybridized carbons (Fsp3) is 0.391. The maximum atomic E-state index is 13.4. The topological polar surface area (TPSA) is 57.6 Å². The van der Waals surface area contributed by atoms with E-state index in [1.165, 1.54) is 16.7 Å². The average Bonchev–Trinajstić information content (AvgIpc) is 2.73. The van der Waals surface area contributed by atoms with E-state index in [0.717, 1.165) is 6.42 Å². The van der Waals surface area contributed by atoms with Crippen molar-refractivity contribution in [3.8, 4) is 0 Å². The third-order valence-corrected chi connectivity index (χ3v) is 6.14. The molecule has 1 unspecified atom stereocenters. The van der Waals surface area contributed by atoms with Crippen LogP contribution < -0.4 is 0 Å². The lowest BCUT2D eigenvalue weighted by molar-refractivity contribution is -0.147. The summed E-state index contributed by atoms with van der Waals surface area (Å²) < 4.78 is 0. The Morgan fingerprint density at radius 2 is 1.41 bits per heavy atom. The minimum absolute atomic E-state index is 0.0470. The summed E-state index contributed by atoms with van der Waals surface area (Å²) in [6.07, 6.45) is 3.39. The van der Waals surface area contributed by atoms with Gasteiger partial charge in [-0.2, -0.15) is 0 Å². The minimum atomic E-state index is -0.727. The largest absolute Gasteiger partial charge is 0.481 e. The number of aliphatic carboxylic acids is 1. The summed E-state index contributed by atoms with van der Waals surface area (Å²) in [6, 6.07) is 18.6. The Morgan fingerprint density at radius 1 is 0.815 bits per heavy atom. The lowest BCUT2D eigenvalue weighted by atomic mass is 9.80. The summed E-state index contributed by atoms with van der Waals surface area (Å²) >= 11 is 0. The van der Waals surface area contributed by atoms with Crippen LogP contribution in [0.3, 0.4) is 0 Å². The van der Waals surface area contributed by atoms with E-state index in [0.29, 0.717) is 32.2 Å². The highest BCUT2D eigenvalue weighted by Crippen LogP contribution is 2.37. The highest BCUT2D eigenvalue weighted by atomic mass is 16.4. The molecule has 2 aliphatic rings. The molecule has 0 radical (unpaired) electrons. The van der Waals surface area contributed by atoms with Crippen LogP contribution in [0.2, 0.25) is 0 Å². The van der Waals surface area contributed by atoms with Crippen molar-refractivity contribution in [2.24, 2.45) is 11.8 Å². The average molecular weight is 363 g/mol. The van der Waals surface area contributed by atoms with Gasteiger partial charge >= 0.3 is 5.97 Å². The molecule has 27 heavy (non-hydrogen) atoms. The van der Waals surface area contributed by atoms with Crippen molar-refractivity contribution < 1.29 is 14.7 Å². The van der Waals surface area contributed by atoms with Gasteiger partial charge in [0.25, 0.3) is 0 Å². The molecule has 2 aromatic rings. The molecule has 140 valence electrons. The Morgan fingerprint density at radius 3 is 2.07 bits per heavy atom. The summed E-state index contributed by atoms with van der Waals surface area (Å²) in [5, 5.41) is 9.22. The summed E-state index contributed by atoms with van der Waals surface area (Å²) in [7, 11) is 0. The SMILES string of the molecule is O=C(O)C1CCC(C(=O)N2Cc3ccccc3CC2c2ccccc2)CC1. The van der Waals surface area contributed by atoms with Gasteiger partial charge in [-0.05, 0) is 48.8 Å². The fourth-order valence-corrected chi connectivity index (χ4v) is 4.55. The summed E-state index contributed by atoms with van der Waals surface area (Å²) in [5.41, 5.74) is 3.70. The van der Waals surface area contributed by atoms with Gasteiger partial charge < -0.3 is 10.0 Å². The second-order valence-electron chi connectivity index (χ2n) is 7.75. The van der Waals surface area contributed by atoms with E-state index in [-0.39, 0.29) is 23.8 Å². The molecule has 1 fully saturated rings. The molecular weight excluding hydrogens is 338 g/mol. The first kappa shape index (κ1) is 17.8. The second kappa shape index (κ2) is 7.55. The highest BCUT2D eigenvalue weighted by molar-refractivity contribution is 5.80. The van der Waals surface area contributed by atoms with Crippen molar-refractivity contribution in [3.63, 3.8) is 0 Å². The summed E-state index contributed by atoms with van der Waals surface area (Å²) in [6.45, 7) is 0.632. The Labute approximate surface area is 159 Å². The lowest BCUT2D eigenvalue weighted by Crippen LogP contribution is -2.43. The Balaban J connectivity index is 1.58. The summed E-state index contributed by atoms with van der Waals surface area (Å²) in [4.78, 5) is 26.6. The molecule has 1 aliphatic carbocycles. The standard InChI is InChI=1S/C23H25NO3/c25-22(17-10-12-18(13-11-17)23(26)27)24-15-20-9-5-4-8-19(20)14-21(24)16-6-2-1-3-7-16/h1-9,17-18,21H,10-15H2,(H,26,27). The quantitative estimate of drug-likeness (QED) is 0.889. The Bertz CT molecular complexity index is 825. The van der Waals surface area contributed by atoms with Gasteiger partial charge in [-0.15, -0.1) is 0 Å². The maximum absolute atomic E-state index is 13.4. The van der Waals surface area contributed by atoms with Crippen LogP contribution in [0.25, 0.3) is 0 Å². The van der Waals surface area contributed by atoms with Gasteiger partial charge in [0, 0.05) is 12.5 Å². The van der Waals surface area contributed by atoms with Crippen LogP contribution in [0.1, 0.15) is 48.4 Å². The van der Waals surface area contributed by atoms with Gasteiger partial charge in [0.05, 0.1) is 12.0 Å². The monoisotopic (exact) mass is 363 g/mol. The molecule has 1 amide bonds. The number of fused-ring (bicyclic) bond motifs is 1. The van der Waals surface area contributed by atoms with Crippen LogP contribution in [0.5, 0.6) is 0 Å². The number of amides is 1. The van der Waals surface area contributed by atoms with E-state index in [2.05, 4.69) is 30.3 Å². The van der Waals surface area contributed by atoms with Crippen LogP contribution in [0.4, 0.5) is 0 Å². The smallest absolute Gasteiger partial charge is 0.306 e. The van der Waals surface area contributed by atoms with Gasteiger partial charge in [-0.1, -0.05) is 54.6 Å². The molecule has 4 heteroatoms. The van der Waals surface area contributed by atoms with E-state index in [9.17, 15) is 14.7 Å². The van der Waals surface area contributed by atoms with Crippen molar-refractivity contribution in [2.45, 2.75) is 44.7 Å². The Hall–Kier alpha value is -2.62. The van der Waals surface area contributed by atoms with E-state index in [4.69, 9.17) is 0 Å². The normalized spacial score (nSPS) is 24.9. The first-order chi connectivity index (χ1) is 13.1. The number of nitrogens with zero attached hydrogens (tertiary/aromatic N) is 1. The van der Waals surface area contributed by atoms with Gasteiger partial charge in [0.1, 0.15) is 0 Å². The molecule has 1 aliphatic heterocycles. The van der Waals surface area contributed by atoms with Crippen molar-refractivity contribution in [1.82, 2.24) is 4.90 Å². The maximum Gasteiger partial charge on any atom is 0.306 e. The van der Waals surface area contributed by atoms with Gasteiger partial charge in [-0.3, -0.25) is 9.59 Å². The second-order valence-corrected chi connectivity index (χ2v) is 7.75. The molecule has 0 spiro atoms. The van der Waals surface area contributed by atoms with E-state index < -0.39 is 5.97 Å². The number of carbonyl (C=O) groups is 2. The predicted octanol–water partition coefficient (Wildman–Crippen LogP) is 4.20. The van der Waals surface area contributed by atoms with Gasteiger partial charge in [-0.25, -0.2) is 0 Å². The van der Waals surface area contributed by atoms with E-state index >= 15 is 0 Å². The van der Waals surface area contributed by atoms with Gasteiger partial charge in [0.15, 0.2) is 0 Å². The molecule has 0 saturated heterocycles. The van der Waals surface area contributed by atoms with Crippen LogP contribution in [-0.4, -0.2) is 21.9 Å². The molecule has 2 aromatic carbocycles. The number of hydrogen-bond donors (Lipinski definition) is 1. The molecule has 0 bridgehead atoms. The number of benzene rings is 2. The molecule has 4 nitrogen and oxygen atoms in total. The zero-order chi connectivity index (χ0) is 18.8. The van der Waals surface area contributed by atoms with Crippen LogP contribution >= 0.6 is 0 Å². The van der Waals surface area contributed by atoms with Crippen LogP contribution in [0, 0.1) is 11.8 Å². The molecule has 4 rings (SSSR count). The van der Waals surface area contributed by atoms with Crippen molar-refractivity contribution >= 4 is 11.9 Å². The fourth-order valence-electron chi connectivity index (χ4n) is 4.55. The minimum Gasteiger partial charge on any atom is -0.481 e. The molecule has 1 saturated carbocycles. The molecule has 1 heterocycles. The third-order valence-electron chi connectivity index (χ3n) is 6.14. The van der Waals surface area contributed by atoms with E-state index in [1.54, 1.807) is 0 Å². The zero-order valence-electron chi connectivity index (χ0n) is 15.4. The number of hydrogen-bond acceptors (Lipinski definition) is 2. The van der Waals surface area contributed by atoms with Crippen LogP contribution in [0.15, 0.2) is 54.6 Å². The molecular formula is C23H25NO3. The third kappa shape index (κ3) is 3.61. The number of rotatable bonds is 3. The van der Waals surface area contributed by atoms with Crippen molar-refractivity contribution in [1.29, 1.82) is 0 Å². The number of carbonyl (C=O) groups excluding carboxylic acids is 1. The van der Waals surface area contributed by atoms with Crippen molar-refractivity contribution in [3.05, 3.63) is 71.3 Å². The lowest BCUT2D eigenvalue weighted by Gasteiger charge is -2.40. The van der Waals surface area contributed by atoms with E-state index in [1.807, 2.05) is 29.2 Å². The van der Waals surface area contributed by atoms with Gasteiger partial charge in [0.2, 0.25) is 5.91 Å². The molecule has 0 aromatic heterocycles. The highest BCUT2D eigenvalue weighted by Gasteiger charge is 2.37. The zero-order valence-corrected chi connectivity index (χ0v) is 15.4. The first-order valence-corrected chi connectivity index (χ1v) is 9.78. The predicted molar refractivity (Wildman–Crippen MR) is 103 cm³/mol. The van der Waals surface area contributed by atoms with Crippen LogP contribution in [-0.2, 0) is 22.6 Å². The summed E-state index contributed by atoms with van der Waals surface area (Å²) in [5.74, 6) is -0.893. The number of carboxylic acids is 1. The van der Waals surface area contributed by atoms with Crippen molar-refractivity contribution in [2.75, 3.05) is 0 Å². The molecule has 1 N–H and O–H groups in total. The number of carboxylic acid groups (broad SMARTS) is 1. The first-order valence-electron chi connectivity index (χ1n) is 9.78. The Kier molecular flexibility index (Phi) is 4.97.